The van der Waals surface area contributed by atoms with Crippen LogP contribution in [0.4, 0.5) is 5.69 Å². The highest BCUT2D eigenvalue weighted by Gasteiger charge is 2.21. The molecule has 1 saturated carbocycles. The molecule has 1 N–H and O–H groups in total. The summed E-state index contributed by atoms with van der Waals surface area (Å²) >= 11 is 0. The zero-order valence-corrected chi connectivity index (χ0v) is 12.7. The van der Waals surface area contributed by atoms with Crippen molar-refractivity contribution in [2.24, 2.45) is 5.92 Å². The van der Waals surface area contributed by atoms with Gasteiger partial charge in [-0.2, -0.15) is 0 Å². The van der Waals surface area contributed by atoms with Gasteiger partial charge in [0, 0.05) is 11.7 Å². The highest BCUT2D eigenvalue weighted by atomic mass is 16.5. The van der Waals surface area contributed by atoms with Crippen molar-refractivity contribution in [3.8, 4) is 0 Å². The van der Waals surface area contributed by atoms with Crippen LogP contribution in [0, 0.1) is 12.8 Å². The monoisotopic (exact) mass is 275 g/mol. The Balaban J connectivity index is 2.11. The van der Waals surface area contributed by atoms with Crippen molar-refractivity contribution in [2.75, 3.05) is 12.4 Å². The molecule has 0 aliphatic heterocycles. The number of carbonyl (C=O) groups is 1. The number of rotatable bonds is 4. The summed E-state index contributed by atoms with van der Waals surface area (Å²) < 4.78 is 4.83. The van der Waals surface area contributed by atoms with Crippen LogP contribution in [0.5, 0.6) is 0 Å². The fourth-order valence-electron chi connectivity index (χ4n) is 3.14. The molecule has 1 fully saturated rings. The Labute approximate surface area is 121 Å². The number of esters is 1. The first-order valence-corrected chi connectivity index (χ1v) is 7.60. The Hall–Kier alpha value is -1.51. The molecule has 0 amide bonds. The van der Waals surface area contributed by atoms with Gasteiger partial charge < -0.3 is 10.1 Å². The van der Waals surface area contributed by atoms with E-state index in [9.17, 15) is 4.79 Å². The Morgan fingerprint density at radius 3 is 2.90 bits per heavy atom. The van der Waals surface area contributed by atoms with Gasteiger partial charge in [-0.1, -0.05) is 32.3 Å². The molecule has 1 aromatic carbocycles. The van der Waals surface area contributed by atoms with Gasteiger partial charge in [0.05, 0.1) is 12.7 Å². The normalized spacial score (nSPS) is 22.4. The molecule has 3 heteroatoms. The van der Waals surface area contributed by atoms with Gasteiger partial charge in [-0.15, -0.1) is 0 Å². The fraction of sp³-hybridized carbons (Fsp3) is 0.588. The quantitative estimate of drug-likeness (QED) is 0.838. The van der Waals surface area contributed by atoms with Crippen LogP contribution in [0.25, 0.3) is 0 Å². The second-order valence-electron chi connectivity index (χ2n) is 5.75. The molecule has 0 saturated heterocycles. The SMILES string of the molecule is CCC1CCCC(Nc2cccc(C(=O)OC)c2C)C1. The van der Waals surface area contributed by atoms with Gasteiger partial charge in [-0.3, -0.25) is 0 Å². The van der Waals surface area contributed by atoms with E-state index in [0.29, 0.717) is 11.6 Å². The lowest BCUT2D eigenvalue weighted by atomic mass is 9.84. The van der Waals surface area contributed by atoms with Crippen LogP contribution in [0.15, 0.2) is 18.2 Å². The van der Waals surface area contributed by atoms with E-state index in [1.807, 2.05) is 19.1 Å². The summed E-state index contributed by atoms with van der Waals surface area (Å²) in [4.78, 5) is 11.7. The van der Waals surface area contributed by atoms with Crippen molar-refractivity contribution in [3.05, 3.63) is 29.3 Å². The zero-order valence-electron chi connectivity index (χ0n) is 12.7. The molecule has 0 spiro atoms. The summed E-state index contributed by atoms with van der Waals surface area (Å²) in [5.74, 6) is 0.576. The number of anilines is 1. The molecule has 20 heavy (non-hydrogen) atoms. The van der Waals surface area contributed by atoms with Gasteiger partial charge in [-0.05, 0) is 43.4 Å². The van der Waals surface area contributed by atoms with Crippen LogP contribution >= 0.6 is 0 Å². The van der Waals surface area contributed by atoms with E-state index >= 15 is 0 Å². The maximum absolute atomic E-state index is 11.7. The number of benzene rings is 1. The van der Waals surface area contributed by atoms with Crippen molar-refractivity contribution < 1.29 is 9.53 Å². The van der Waals surface area contributed by atoms with Crippen LogP contribution in [0.3, 0.4) is 0 Å². The molecule has 0 heterocycles. The third-order valence-corrected chi connectivity index (χ3v) is 4.46. The minimum absolute atomic E-state index is 0.263. The molecule has 2 rings (SSSR count). The molecule has 1 aliphatic carbocycles. The molecule has 0 aromatic heterocycles. The van der Waals surface area contributed by atoms with Crippen molar-refractivity contribution in [1.29, 1.82) is 0 Å². The Morgan fingerprint density at radius 2 is 2.20 bits per heavy atom. The van der Waals surface area contributed by atoms with Crippen molar-refractivity contribution in [2.45, 2.75) is 52.0 Å². The molecule has 110 valence electrons. The Kier molecular flexibility index (Phi) is 5.05. The molecule has 2 atom stereocenters. The van der Waals surface area contributed by atoms with E-state index < -0.39 is 0 Å². The maximum Gasteiger partial charge on any atom is 0.338 e. The molecule has 0 bridgehead atoms. The van der Waals surface area contributed by atoms with Crippen LogP contribution in [-0.2, 0) is 4.74 Å². The summed E-state index contributed by atoms with van der Waals surface area (Å²) in [6.07, 6.45) is 6.37. The second kappa shape index (κ2) is 6.78. The van der Waals surface area contributed by atoms with E-state index in [4.69, 9.17) is 4.74 Å². The largest absolute Gasteiger partial charge is 0.465 e. The van der Waals surface area contributed by atoms with Gasteiger partial charge in [0.25, 0.3) is 0 Å². The lowest BCUT2D eigenvalue weighted by Crippen LogP contribution is -2.27. The maximum atomic E-state index is 11.7. The van der Waals surface area contributed by atoms with Crippen LogP contribution in [0.2, 0.25) is 0 Å². The number of ether oxygens (including phenoxy) is 1. The lowest BCUT2D eigenvalue weighted by Gasteiger charge is -2.30. The second-order valence-corrected chi connectivity index (χ2v) is 5.75. The molecule has 1 aromatic rings. The number of carbonyl (C=O) groups excluding carboxylic acids is 1. The van der Waals surface area contributed by atoms with E-state index in [1.54, 1.807) is 0 Å². The average molecular weight is 275 g/mol. The first-order chi connectivity index (χ1) is 9.65. The summed E-state index contributed by atoms with van der Waals surface area (Å²) in [7, 11) is 1.43. The molecule has 2 unspecified atom stereocenters. The van der Waals surface area contributed by atoms with Crippen molar-refractivity contribution >= 4 is 11.7 Å². The van der Waals surface area contributed by atoms with Gasteiger partial charge in [-0.25, -0.2) is 4.79 Å². The van der Waals surface area contributed by atoms with E-state index in [2.05, 4.69) is 18.3 Å². The van der Waals surface area contributed by atoms with Gasteiger partial charge in [0.2, 0.25) is 0 Å². The third kappa shape index (κ3) is 3.33. The minimum atomic E-state index is -0.263. The number of nitrogens with one attached hydrogen (secondary N) is 1. The lowest BCUT2D eigenvalue weighted by molar-refractivity contribution is 0.0600. The van der Waals surface area contributed by atoms with Gasteiger partial charge in [0.15, 0.2) is 0 Å². The number of methoxy groups -OCH3 is 1. The predicted molar refractivity (Wildman–Crippen MR) is 82.2 cm³/mol. The van der Waals surface area contributed by atoms with E-state index in [1.165, 1.54) is 39.2 Å². The van der Waals surface area contributed by atoms with Crippen molar-refractivity contribution in [1.82, 2.24) is 0 Å². The van der Waals surface area contributed by atoms with Crippen LogP contribution < -0.4 is 5.32 Å². The topological polar surface area (TPSA) is 38.3 Å². The molecule has 0 radical (unpaired) electrons. The summed E-state index contributed by atoms with van der Waals surface area (Å²) in [6.45, 7) is 4.25. The molecule has 3 nitrogen and oxygen atoms in total. The van der Waals surface area contributed by atoms with Crippen LogP contribution in [-0.4, -0.2) is 19.1 Å². The Bertz CT molecular complexity index is 470. The zero-order chi connectivity index (χ0) is 14.5. The molecular weight excluding hydrogens is 250 g/mol. The predicted octanol–water partition coefficient (Wildman–Crippen LogP) is 4.16. The third-order valence-electron chi connectivity index (χ3n) is 4.46. The smallest absolute Gasteiger partial charge is 0.338 e. The van der Waals surface area contributed by atoms with Crippen LogP contribution in [0.1, 0.15) is 54.9 Å². The van der Waals surface area contributed by atoms with E-state index in [-0.39, 0.29) is 5.97 Å². The standard InChI is InChI=1S/C17H25NO2/c1-4-13-7-5-8-14(11-13)18-16-10-6-9-15(12(16)2)17(19)20-3/h6,9-10,13-14,18H,4-5,7-8,11H2,1-3H3. The first-order valence-electron chi connectivity index (χ1n) is 7.60. The summed E-state index contributed by atoms with van der Waals surface area (Å²) in [5.41, 5.74) is 2.70. The van der Waals surface area contributed by atoms with Gasteiger partial charge in [0.1, 0.15) is 0 Å². The number of hydrogen-bond donors (Lipinski definition) is 1. The highest BCUT2D eigenvalue weighted by Crippen LogP contribution is 2.30. The Morgan fingerprint density at radius 1 is 1.40 bits per heavy atom. The summed E-state index contributed by atoms with van der Waals surface area (Å²) in [5, 5.41) is 3.63. The number of hydrogen-bond acceptors (Lipinski definition) is 3. The highest BCUT2D eigenvalue weighted by molar-refractivity contribution is 5.92. The minimum Gasteiger partial charge on any atom is -0.465 e. The van der Waals surface area contributed by atoms with Gasteiger partial charge >= 0.3 is 5.97 Å². The molecular formula is C17H25NO2. The average Bonchev–Trinajstić information content (AvgIpc) is 2.49. The van der Waals surface area contributed by atoms with E-state index in [0.717, 1.165) is 17.2 Å². The van der Waals surface area contributed by atoms with Crippen molar-refractivity contribution in [3.63, 3.8) is 0 Å². The summed E-state index contributed by atoms with van der Waals surface area (Å²) in [6, 6.07) is 6.32. The molecule has 1 aliphatic rings. The first kappa shape index (κ1) is 14.9. The fourth-order valence-corrected chi connectivity index (χ4v) is 3.14.